The molecule has 7 nitrogen and oxygen atoms in total. The van der Waals surface area contributed by atoms with Crippen LogP contribution in [0.3, 0.4) is 0 Å². The second-order valence-electron chi connectivity index (χ2n) is 9.12. The zero-order valence-corrected chi connectivity index (χ0v) is 19.8. The molecule has 0 fully saturated rings. The number of carbonyl (C=O) groups is 2. The minimum atomic E-state index is -0.680. The fourth-order valence-electron chi connectivity index (χ4n) is 4.04. The van der Waals surface area contributed by atoms with Crippen molar-refractivity contribution in [3.05, 3.63) is 58.1 Å². The minimum Gasteiger partial charge on any atom is -0.443 e. The number of aromatic nitrogens is 1. The first-order valence-electron chi connectivity index (χ1n) is 11.0. The highest BCUT2D eigenvalue weighted by Crippen LogP contribution is 2.37. The Morgan fingerprint density at radius 2 is 2.03 bits per heavy atom. The number of aliphatic hydroxyl groups excluding tert-OH is 1. The third-order valence-electron chi connectivity index (χ3n) is 5.47. The Morgan fingerprint density at radius 3 is 2.76 bits per heavy atom. The van der Waals surface area contributed by atoms with E-state index in [4.69, 9.17) is 21.4 Å². The molecule has 3 aromatic rings. The van der Waals surface area contributed by atoms with Gasteiger partial charge in [-0.15, -0.1) is 0 Å². The van der Waals surface area contributed by atoms with Gasteiger partial charge in [0.2, 0.25) is 0 Å². The molecule has 1 aliphatic heterocycles. The number of hydrogen-bond donors (Lipinski definition) is 3. The average Bonchev–Trinajstić information content (AvgIpc) is 3.32. The van der Waals surface area contributed by atoms with E-state index in [2.05, 4.69) is 10.6 Å². The van der Waals surface area contributed by atoms with Crippen LogP contribution in [0.2, 0.25) is 5.02 Å². The van der Waals surface area contributed by atoms with Gasteiger partial charge in [0.15, 0.2) is 0 Å². The molecule has 0 atom stereocenters. The Bertz CT molecular complexity index is 1230. The van der Waals surface area contributed by atoms with Crippen LogP contribution in [0.4, 0.5) is 4.79 Å². The van der Waals surface area contributed by atoms with Crippen molar-refractivity contribution in [3.63, 3.8) is 0 Å². The number of benzene rings is 2. The van der Waals surface area contributed by atoms with E-state index in [9.17, 15) is 9.59 Å². The number of amides is 1. The van der Waals surface area contributed by atoms with Gasteiger partial charge in [-0.3, -0.25) is 4.79 Å². The normalized spacial score (nSPS) is 13.3. The van der Waals surface area contributed by atoms with Gasteiger partial charge in [0.05, 0.1) is 16.8 Å². The Balaban J connectivity index is 1.85. The summed E-state index contributed by atoms with van der Waals surface area (Å²) >= 11 is 6.34. The second kappa shape index (κ2) is 9.17. The maximum Gasteiger partial charge on any atom is 0.419 e. The molecule has 1 aromatic heterocycles. The van der Waals surface area contributed by atoms with Gasteiger partial charge in [0.1, 0.15) is 5.60 Å². The van der Waals surface area contributed by atoms with Crippen molar-refractivity contribution in [1.82, 2.24) is 15.2 Å². The largest absolute Gasteiger partial charge is 0.443 e. The summed E-state index contributed by atoms with van der Waals surface area (Å²) < 4.78 is 7.23. The lowest BCUT2D eigenvalue weighted by molar-refractivity contribution is 0.0547. The van der Waals surface area contributed by atoms with Gasteiger partial charge >= 0.3 is 6.09 Å². The summed E-state index contributed by atoms with van der Waals surface area (Å²) in [5, 5.41) is 16.5. The molecule has 2 heterocycles. The molecule has 0 unspecified atom stereocenters. The third kappa shape index (κ3) is 4.76. The molecule has 0 saturated carbocycles. The Morgan fingerprint density at radius 1 is 1.24 bits per heavy atom. The molecule has 2 aromatic carbocycles. The monoisotopic (exact) mass is 469 g/mol. The number of aliphatic hydroxyl groups is 1. The van der Waals surface area contributed by atoms with Crippen LogP contribution < -0.4 is 10.6 Å². The fourth-order valence-corrected chi connectivity index (χ4v) is 4.26. The van der Waals surface area contributed by atoms with Gasteiger partial charge in [0, 0.05) is 41.2 Å². The molecule has 1 amide bonds. The molecule has 33 heavy (non-hydrogen) atoms. The Labute approximate surface area is 197 Å². The third-order valence-corrected chi connectivity index (χ3v) is 5.82. The van der Waals surface area contributed by atoms with E-state index in [0.29, 0.717) is 53.4 Å². The lowest BCUT2D eigenvalue weighted by Gasteiger charge is -2.21. The summed E-state index contributed by atoms with van der Waals surface area (Å²) in [7, 11) is 0. The van der Waals surface area contributed by atoms with Crippen LogP contribution in [0.25, 0.3) is 22.2 Å². The first-order chi connectivity index (χ1) is 15.7. The number of carbonyl (C=O) groups excluding carboxylic acids is 2. The number of halogens is 1. The van der Waals surface area contributed by atoms with Crippen molar-refractivity contribution in [3.8, 4) is 11.3 Å². The maximum absolute atomic E-state index is 13.3. The zero-order valence-electron chi connectivity index (χ0n) is 19.0. The molecule has 0 bridgehead atoms. The molecule has 174 valence electrons. The maximum atomic E-state index is 13.3. The number of ether oxygens (including phenoxy) is 1. The molecule has 0 saturated heterocycles. The van der Waals surface area contributed by atoms with Crippen molar-refractivity contribution in [2.45, 2.75) is 45.9 Å². The van der Waals surface area contributed by atoms with Crippen molar-refractivity contribution in [1.29, 1.82) is 0 Å². The van der Waals surface area contributed by atoms with Crippen molar-refractivity contribution < 1.29 is 19.4 Å². The first kappa shape index (κ1) is 23.3. The molecule has 0 spiro atoms. The van der Waals surface area contributed by atoms with E-state index >= 15 is 0 Å². The van der Waals surface area contributed by atoms with Gasteiger partial charge in [-0.05, 0) is 63.6 Å². The summed E-state index contributed by atoms with van der Waals surface area (Å²) in [6.07, 6.45) is 0.175. The van der Waals surface area contributed by atoms with Gasteiger partial charge in [-0.25, -0.2) is 9.36 Å². The lowest BCUT2D eigenvalue weighted by Crippen LogP contribution is -2.27. The van der Waals surface area contributed by atoms with E-state index < -0.39 is 11.7 Å². The topological polar surface area (TPSA) is 92.6 Å². The van der Waals surface area contributed by atoms with E-state index in [1.165, 1.54) is 4.57 Å². The van der Waals surface area contributed by atoms with Gasteiger partial charge in [-0.2, -0.15) is 0 Å². The van der Waals surface area contributed by atoms with Crippen molar-refractivity contribution in [2.24, 2.45) is 0 Å². The van der Waals surface area contributed by atoms with Crippen LogP contribution in [0.1, 0.15) is 48.7 Å². The predicted octanol–water partition coefficient (Wildman–Crippen LogP) is 4.46. The van der Waals surface area contributed by atoms with Crippen LogP contribution in [-0.4, -0.2) is 40.4 Å². The quantitative estimate of drug-likeness (QED) is 0.463. The van der Waals surface area contributed by atoms with E-state index in [1.807, 2.05) is 45.0 Å². The molecule has 1 aliphatic rings. The van der Waals surface area contributed by atoms with Gasteiger partial charge in [0.25, 0.3) is 5.91 Å². The molecule has 4 rings (SSSR count). The summed E-state index contributed by atoms with van der Waals surface area (Å²) in [6, 6.07) is 11.3. The van der Waals surface area contributed by atoms with E-state index in [1.54, 1.807) is 12.1 Å². The summed E-state index contributed by atoms with van der Waals surface area (Å²) in [5.74, 6) is -0.211. The molecule has 0 radical (unpaired) electrons. The Hall–Kier alpha value is -2.87. The smallest absolute Gasteiger partial charge is 0.419 e. The molecule has 3 N–H and O–H groups in total. The van der Waals surface area contributed by atoms with Crippen LogP contribution in [0.15, 0.2) is 36.4 Å². The summed E-state index contributed by atoms with van der Waals surface area (Å²) in [4.78, 5) is 25.9. The predicted molar refractivity (Wildman–Crippen MR) is 129 cm³/mol. The number of rotatable bonds is 6. The highest BCUT2D eigenvalue weighted by Gasteiger charge is 2.29. The molecule has 8 heteroatoms. The SMILES string of the molecule is CC(C)(C)OC(=O)n1c(-c2ccc(Cl)c3c2C(=O)NC3)cc2cc(CNCCCO)ccc21. The molecular weight excluding hydrogens is 442 g/mol. The van der Waals surface area contributed by atoms with Gasteiger partial charge in [-0.1, -0.05) is 23.7 Å². The number of hydrogen-bond acceptors (Lipinski definition) is 5. The number of fused-ring (bicyclic) bond motifs is 2. The number of nitrogens with one attached hydrogen (secondary N) is 2. The summed E-state index contributed by atoms with van der Waals surface area (Å²) in [6.45, 7) is 7.32. The highest BCUT2D eigenvalue weighted by atomic mass is 35.5. The zero-order chi connectivity index (χ0) is 23.8. The van der Waals surface area contributed by atoms with E-state index in [-0.39, 0.29) is 12.5 Å². The first-order valence-corrected chi connectivity index (χ1v) is 11.4. The fraction of sp³-hybridized carbons (Fsp3) is 0.360. The molecule has 0 aliphatic carbocycles. The van der Waals surface area contributed by atoms with Crippen LogP contribution in [0.5, 0.6) is 0 Å². The Kier molecular flexibility index (Phi) is 6.47. The van der Waals surface area contributed by atoms with Crippen LogP contribution in [-0.2, 0) is 17.8 Å². The lowest BCUT2D eigenvalue weighted by atomic mass is 10.00. The molecular formula is C25H28ClN3O4. The van der Waals surface area contributed by atoms with Gasteiger partial charge < -0.3 is 20.5 Å². The van der Waals surface area contributed by atoms with Crippen LogP contribution >= 0.6 is 11.6 Å². The van der Waals surface area contributed by atoms with Crippen molar-refractivity contribution in [2.75, 3.05) is 13.2 Å². The minimum absolute atomic E-state index is 0.146. The standard InChI is InChI=1S/C25H28ClN3O4/c1-25(2,3)33-24(32)29-20-8-5-15(13-27-9-4-10-30)11-16(20)12-21(29)17-6-7-19(26)18-14-28-23(31)22(17)18/h5-8,11-12,27,30H,4,9-10,13-14H2,1-3H3,(H,28,31). The highest BCUT2D eigenvalue weighted by molar-refractivity contribution is 6.32. The average molecular weight is 470 g/mol. The van der Waals surface area contributed by atoms with Crippen LogP contribution in [0, 0.1) is 0 Å². The number of nitrogens with zero attached hydrogens (tertiary/aromatic N) is 1. The second-order valence-corrected chi connectivity index (χ2v) is 9.53. The van der Waals surface area contributed by atoms with Crippen molar-refractivity contribution >= 4 is 34.5 Å². The summed E-state index contributed by atoms with van der Waals surface area (Å²) in [5.41, 5.74) is 3.49. The van der Waals surface area contributed by atoms with E-state index in [0.717, 1.165) is 16.5 Å².